The third-order valence-electron chi connectivity index (χ3n) is 5.17. The van der Waals surface area contributed by atoms with Crippen molar-refractivity contribution in [1.82, 2.24) is 10.6 Å². The van der Waals surface area contributed by atoms with Gasteiger partial charge < -0.3 is 20.5 Å². The molecule has 3 rings (SSSR count). The second-order valence-electron chi connectivity index (χ2n) is 7.58. The van der Waals surface area contributed by atoms with Crippen molar-refractivity contribution in [3.8, 4) is 5.75 Å². The highest BCUT2D eigenvalue weighted by Crippen LogP contribution is 2.48. The average Bonchev–Trinajstić information content (AvgIpc) is 3.56. The van der Waals surface area contributed by atoms with Crippen LogP contribution in [-0.4, -0.2) is 48.3 Å². The summed E-state index contributed by atoms with van der Waals surface area (Å²) in [6, 6.07) is 12.3. The molecule has 1 saturated carbocycles. The van der Waals surface area contributed by atoms with Crippen LogP contribution < -0.4 is 15.4 Å². The summed E-state index contributed by atoms with van der Waals surface area (Å²) in [6.07, 6.45) is 1.12. The first-order valence-corrected chi connectivity index (χ1v) is 10.3. The molecule has 2 aromatic carbocycles. The number of ether oxygens (including phenoxy) is 1. The lowest BCUT2D eigenvalue weighted by Crippen LogP contribution is -2.43. The molecule has 3 N–H and O–H groups in total. The Morgan fingerprint density at radius 2 is 2.03 bits per heavy atom. The summed E-state index contributed by atoms with van der Waals surface area (Å²) >= 11 is 0. The lowest BCUT2D eigenvalue weighted by atomic mass is 9.96. The summed E-state index contributed by atoms with van der Waals surface area (Å²) in [6.45, 7) is 3.38. The maximum absolute atomic E-state index is 13.6. The number of halogens is 1. The van der Waals surface area contributed by atoms with Crippen LogP contribution >= 0.6 is 0 Å². The van der Waals surface area contributed by atoms with E-state index in [9.17, 15) is 19.6 Å². The van der Waals surface area contributed by atoms with Crippen molar-refractivity contribution in [1.29, 1.82) is 0 Å². The van der Waals surface area contributed by atoms with Crippen molar-refractivity contribution in [2.75, 3.05) is 26.2 Å². The average molecular weight is 430 g/mol. The quantitative estimate of drug-likeness (QED) is 0.231. The van der Waals surface area contributed by atoms with Crippen LogP contribution in [0.5, 0.6) is 5.75 Å². The first-order chi connectivity index (χ1) is 14.9. The molecule has 0 saturated heterocycles. The predicted octanol–water partition coefficient (Wildman–Crippen LogP) is 2.76. The van der Waals surface area contributed by atoms with Gasteiger partial charge in [-0.2, -0.15) is 0 Å². The number of nitrogens with zero attached hydrogens (tertiary/aromatic N) is 2. The predicted molar refractivity (Wildman–Crippen MR) is 116 cm³/mol. The fourth-order valence-corrected chi connectivity index (χ4v) is 3.21. The first-order valence-electron chi connectivity index (χ1n) is 10.3. The molecule has 1 fully saturated rings. The molecule has 0 bridgehead atoms. The van der Waals surface area contributed by atoms with E-state index in [2.05, 4.69) is 15.6 Å². The van der Waals surface area contributed by atoms with E-state index in [4.69, 9.17) is 4.74 Å². The van der Waals surface area contributed by atoms with Gasteiger partial charge >= 0.3 is 0 Å². The molecule has 0 heterocycles. The fraction of sp³-hybridized carbons (Fsp3) is 0.409. The Morgan fingerprint density at radius 3 is 2.65 bits per heavy atom. The first kappa shape index (κ1) is 22.5. The van der Waals surface area contributed by atoms with Crippen LogP contribution in [0.1, 0.15) is 25.3 Å². The highest BCUT2D eigenvalue weighted by Gasteiger charge is 2.44. The van der Waals surface area contributed by atoms with Crippen LogP contribution in [0.4, 0.5) is 10.1 Å². The molecule has 2 aromatic rings. The molecule has 0 amide bonds. The van der Waals surface area contributed by atoms with Crippen LogP contribution in [-0.2, 0) is 5.41 Å². The zero-order valence-corrected chi connectivity index (χ0v) is 17.4. The van der Waals surface area contributed by atoms with E-state index in [0.29, 0.717) is 24.8 Å². The Labute approximate surface area is 180 Å². The van der Waals surface area contributed by atoms with Crippen molar-refractivity contribution >= 4 is 11.6 Å². The van der Waals surface area contributed by atoms with Crippen LogP contribution in [0.3, 0.4) is 0 Å². The Hall–Kier alpha value is -3.20. The Bertz CT molecular complexity index is 916. The molecular weight excluding hydrogens is 403 g/mol. The van der Waals surface area contributed by atoms with Crippen molar-refractivity contribution in [3.63, 3.8) is 0 Å². The van der Waals surface area contributed by atoms with E-state index in [-0.39, 0.29) is 30.1 Å². The van der Waals surface area contributed by atoms with Crippen molar-refractivity contribution in [2.24, 2.45) is 4.99 Å². The summed E-state index contributed by atoms with van der Waals surface area (Å²) < 4.78 is 19.1. The number of rotatable bonds is 10. The second-order valence-corrected chi connectivity index (χ2v) is 7.58. The number of non-ortho nitro benzene ring substituents is 1. The molecule has 0 spiro atoms. The molecule has 0 aliphatic heterocycles. The summed E-state index contributed by atoms with van der Waals surface area (Å²) in [5, 5.41) is 27.1. The molecule has 9 heteroatoms. The van der Waals surface area contributed by atoms with Crippen LogP contribution in [0.2, 0.25) is 0 Å². The van der Waals surface area contributed by atoms with E-state index in [1.54, 1.807) is 12.1 Å². The molecular formula is C22H27FN4O4. The Kier molecular flexibility index (Phi) is 7.41. The molecule has 1 unspecified atom stereocenters. The van der Waals surface area contributed by atoms with Crippen LogP contribution in [0.15, 0.2) is 53.5 Å². The number of nitro benzene ring substituents is 1. The zero-order valence-electron chi connectivity index (χ0n) is 17.4. The maximum Gasteiger partial charge on any atom is 0.269 e. The van der Waals surface area contributed by atoms with Gasteiger partial charge in [-0.1, -0.05) is 12.1 Å². The molecule has 166 valence electrons. The SMILES string of the molecule is CCNC(=NCC1(c2cccc(F)c2)CC1)NCC(O)COc1ccc([N+](=O)[O-])cc1. The van der Waals surface area contributed by atoms with Gasteiger partial charge in [0.15, 0.2) is 5.96 Å². The van der Waals surface area contributed by atoms with Gasteiger partial charge in [0.2, 0.25) is 0 Å². The molecule has 1 aliphatic carbocycles. The van der Waals surface area contributed by atoms with E-state index >= 15 is 0 Å². The highest BCUT2D eigenvalue weighted by molar-refractivity contribution is 5.79. The second kappa shape index (κ2) is 10.2. The zero-order chi connectivity index (χ0) is 22.3. The standard InChI is InChI=1S/C22H27FN4O4/c1-2-24-21(26-15-22(10-11-22)16-4-3-5-17(23)12-16)25-13-19(28)14-31-20-8-6-18(7-9-20)27(29)30/h3-9,12,19,28H,2,10-11,13-15H2,1H3,(H2,24,25,26). The van der Waals surface area contributed by atoms with Gasteiger partial charge in [0, 0.05) is 30.6 Å². The monoisotopic (exact) mass is 430 g/mol. The van der Waals surface area contributed by atoms with E-state index in [0.717, 1.165) is 18.4 Å². The minimum Gasteiger partial charge on any atom is -0.491 e. The van der Waals surface area contributed by atoms with E-state index < -0.39 is 11.0 Å². The van der Waals surface area contributed by atoms with Gasteiger partial charge in [-0.25, -0.2) is 4.39 Å². The summed E-state index contributed by atoms with van der Waals surface area (Å²) in [5.41, 5.74) is 0.818. The molecule has 0 radical (unpaired) electrons. The number of hydrogen-bond acceptors (Lipinski definition) is 5. The van der Waals surface area contributed by atoms with Gasteiger partial charge in [-0.3, -0.25) is 15.1 Å². The molecule has 8 nitrogen and oxygen atoms in total. The van der Waals surface area contributed by atoms with E-state index in [1.807, 2.05) is 13.0 Å². The molecule has 0 aromatic heterocycles. The summed E-state index contributed by atoms with van der Waals surface area (Å²) in [5.74, 6) is 0.768. The topological polar surface area (TPSA) is 109 Å². The van der Waals surface area contributed by atoms with Gasteiger partial charge in [0.1, 0.15) is 24.3 Å². The maximum atomic E-state index is 13.6. The van der Waals surface area contributed by atoms with Crippen LogP contribution in [0.25, 0.3) is 0 Å². The third-order valence-corrected chi connectivity index (χ3v) is 5.17. The minimum atomic E-state index is -0.808. The fourth-order valence-electron chi connectivity index (χ4n) is 3.21. The summed E-state index contributed by atoms with van der Waals surface area (Å²) in [4.78, 5) is 14.8. The Balaban J connectivity index is 1.49. The van der Waals surface area contributed by atoms with Gasteiger partial charge in [-0.15, -0.1) is 0 Å². The van der Waals surface area contributed by atoms with Crippen molar-refractivity contribution < 1.29 is 19.2 Å². The number of guanidine groups is 1. The number of aliphatic hydroxyl groups excluding tert-OH is 1. The number of nitro groups is 1. The smallest absolute Gasteiger partial charge is 0.269 e. The van der Waals surface area contributed by atoms with Crippen molar-refractivity contribution in [3.05, 3.63) is 70.0 Å². The van der Waals surface area contributed by atoms with Gasteiger partial charge in [0.25, 0.3) is 5.69 Å². The third kappa shape index (κ3) is 6.39. The number of aliphatic imine (C=N–C) groups is 1. The number of benzene rings is 2. The number of nitrogens with one attached hydrogen (secondary N) is 2. The number of hydrogen-bond donors (Lipinski definition) is 3. The molecule has 1 aliphatic rings. The lowest BCUT2D eigenvalue weighted by Gasteiger charge is -2.18. The summed E-state index contributed by atoms with van der Waals surface area (Å²) in [7, 11) is 0. The van der Waals surface area contributed by atoms with Crippen molar-refractivity contribution in [2.45, 2.75) is 31.3 Å². The minimum absolute atomic E-state index is 0.0206. The normalized spacial score (nSPS) is 15.8. The number of aliphatic hydroxyl groups is 1. The molecule has 1 atom stereocenters. The van der Waals surface area contributed by atoms with E-state index in [1.165, 1.54) is 30.3 Å². The Morgan fingerprint density at radius 1 is 1.29 bits per heavy atom. The largest absolute Gasteiger partial charge is 0.491 e. The van der Waals surface area contributed by atoms with Crippen LogP contribution in [0, 0.1) is 15.9 Å². The lowest BCUT2D eigenvalue weighted by molar-refractivity contribution is -0.384. The highest BCUT2D eigenvalue weighted by atomic mass is 19.1. The van der Waals surface area contributed by atoms with Gasteiger partial charge in [-0.05, 0) is 49.6 Å². The van der Waals surface area contributed by atoms with Gasteiger partial charge in [0.05, 0.1) is 11.5 Å². The molecule has 31 heavy (non-hydrogen) atoms.